The summed E-state index contributed by atoms with van der Waals surface area (Å²) in [5.74, 6) is -0.631. The molecule has 0 unspecified atom stereocenters. The van der Waals surface area contributed by atoms with Gasteiger partial charge in [-0.25, -0.2) is 0 Å². The van der Waals surface area contributed by atoms with E-state index in [2.05, 4.69) is 0 Å². The fourth-order valence-electron chi connectivity index (χ4n) is 1.49. The molecule has 1 heterocycles. The van der Waals surface area contributed by atoms with Gasteiger partial charge in [0.2, 0.25) is 0 Å². The molecule has 0 aliphatic heterocycles. The van der Waals surface area contributed by atoms with E-state index in [4.69, 9.17) is 4.52 Å². The summed E-state index contributed by atoms with van der Waals surface area (Å²) in [6.45, 7) is 5.49. The van der Waals surface area contributed by atoms with E-state index in [9.17, 15) is 15.0 Å². The molecule has 2 rings (SSSR count). The van der Waals surface area contributed by atoms with Gasteiger partial charge in [-0.1, -0.05) is 0 Å². The molecule has 0 radical (unpaired) electrons. The summed E-state index contributed by atoms with van der Waals surface area (Å²) in [6.07, 6.45) is 0. The van der Waals surface area contributed by atoms with Gasteiger partial charge in [-0.2, -0.15) is 4.74 Å². The van der Waals surface area contributed by atoms with Crippen molar-refractivity contribution in [2.45, 2.75) is 26.3 Å². The molecule has 0 saturated carbocycles. The quantitative estimate of drug-likeness (QED) is 0.667. The third-order valence-electron chi connectivity index (χ3n) is 2.29. The molecule has 0 aliphatic rings. The van der Waals surface area contributed by atoms with Crippen molar-refractivity contribution in [2.24, 2.45) is 0 Å². The molecule has 16 heavy (non-hydrogen) atoms. The van der Waals surface area contributed by atoms with Crippen LogP contribution in [-0.4, -0.2) is 15.0 Å². The minimum atomic E-state index is -0.485. The second-order valence-corrected chi connectivity index (χ2v) is 4.70. The minimum Gasteiger partial charge on any atom is -0.504 e. The van der Waals surface area contributed by atoms with Crippen LogP contribution in [0.2, 0.25) is 0 Å². The zero-order valence-electron chi connectivity index (χ0n) is 9.31. The average molecular weight is 223 g/mol. The highest BCUT2D eigenvalue weighted by Gasteiger charge is 2.21. The van der Waals surface area contributed by atoms with E-state index in [1.807, 2.05) is 20.8 Å². The van der Waals surface area contributed by atoms with Gasteiger partial charge in [-0.15, -0.1) is 0 Å². The first-order valence-corrected chi connectivity index (χ1v) is 4.89. The van der Waals surface area contributed by atoms with Crippen LogP contribution in [0.1, 0.15) is 20.8 Å². The highest BCUT2D eigenvalue weighted by atomic mass is 16.5. The highest BCUT2D eigenvalue weighted by Crippen LogP contribution is 2.29. The van der Waals surface area contributed by atoms with Crippen molar-refractivity contribution in [2.75, 3.05) is 0 Å². The van der Waals surface area contributed by atoms with Crippen LogP contribution in [0.3, 0.4) is 0 Å². The van der Waals surface area contributed by atoms with Crippen molar-refractivity contribution in [1.82, 2.24) is 4.74 Å². The Kier molecular flexibility index (Phi) is 2.01. The number of nitrogens with zero attached hydrogens (tertiary/aromatic N) is 1. The van der Waals surface area contributed by atoms with Gasteiger partial charge in [-0.05, 0) is 20.8 Å². The largest absolute Gasteiger partial charge is 0.504 e. The Morgan fingerprint density at radius 3 is 2.31 bits per heavy atom. The fourth-order valence-corrected chi connectivity index (χ4v) is 1.49. The van der Waals surface area contributed by atoms with E-state index < -0.39 is 5.54 Å². The maximum absolute atomic E-state index is 11.9. The lowest BCUT2D eigenvalue weighted by atomic mass is 10.1. The Bertz CT molecular complexity index is 601. The third kappa shape index (κ3) is 1.44. The number of aromatic nitrogens is 1. The molecule has 5 heteroatoms. The maximum atomic E-state index is 11.9. The number of hydrogen-bond donors (Lipinski definition) is 2. The van der Waals surface area contributed by atoms with Crippen LogP contribution in [0.5, 0.6) is 11.5 Å². The second-order valence-electron chi connectivity index (χ2n) is 4.70. The molecule has 0 fully saturated rings. The molecule has 0 atom stereocenters. The molecule has 0 bridgehead atoms. The van der Waals surface area contributed by atoms with Gasteiger partial charge in [0.25, 0.3) is 5.56 Å². The van der Waals surface area contributed by atoms with Crippen LogP contribution in [0.15, 0.2) is 21.5 Å². The van der Waals surface area contributed by atoms with Crippen molar-refractivity contribution in [1.29, 1.82) is 0 Å². The number of hydrogen-bond acceptors (Lipinski definition) is 4. The first-order valence-electron chi connectivity index (χ1n) is 4.89. The Morgan fingerprint density at radius 1 is 1.19 bits per heavy atom. The molecule has 1 aromatic heterocycles. The first kappa shape index (κ1) is 10.6. The molecular weight excluding hydrogens is 210 g/mol. The lowest BCUT2D eigenvalue weighted by Gasteiger charge is -2.16. The molecule has 5 nitrogen and oxygen atoms in total. The number of phenolic OH excluding ortho intramolecular Hbond substituents is 2. The molecule has 2 N–H and O–H groups in total. The number of aromatic hydroxyl groups is 2. The molecule has 1 aromatic carbocycles. The van der Waals surface area contributed by atoms with Crippen LogP contribution in [0.4, 0.5) is 0 Å². The number of phenols is 2. The van der Waals surface area contributed by atoms with Gasteiger partial charge < -0.3 is 14.7 Å². The summed E-state index contributed by atoms with van der Waals surface area (Å²) in [7, 11) is 0. The van der Waals surface area contributed by atoms with Crippen molar-refractivity contribution in [3.63, 3.8) is 0 Å². The van der Waals surface area contributed by atoms with Crippen LogP contribution < -0.4 is 5.56 Å². The number of fused-ring (bicyclic) bond motifs is 1. The third-order valence-corrected chi connectivity index (χ3v) is 2.29. The average Bonchev–Trinajstić information content (AvgIpc) is 2.45. The van der Waals surface area contributed by atoms with Gasteiger partial charge in [0.05, 0.1) is 10.9 Å². The summed E-state index contributed by atoms with van der Waals surface area (Å²) in [5, 5.41) is 18.9. The number of benzene rings is 1. The van der Waals surface area contributed by atoms with Crippen LogP contribution in [0, 0.1) is 0 Å². The topological polar surface area (TPSA) is 75.6 Å². The van der Waals surface area contributed by atoms with Crippen molar-refractivity contribution < 1.29 is 14.7 Å². The predicted octanol–water partition coefficient (Wildman–Crippen LogP) is 1.76. The van der Waals surface area contributed by atoms with E-state index in [1.165, 1.54) is 16.9 Å². The highest BCUT2D eigenvalue weighted by molar-refractivity contribution is 5.80. The fraction of sp³-hybridized carbons (Fsp3) is 0.364. The van der Waals surface area contributed by atoms with Crippen LogP contribution in [0.25, 0.3) is 11.0 Å². The van der Waals surface area contributed by atoms with Gasteiger partial charge in [-0.3, -0.25) is 4.79 Å². The second kappa shape index (κ2) is 3.04. The monoisotopic (exact) mass is 223 g/mol. The van der Waals surface area contributed by atoms with E-state index in [0.29, 0.717) is 0 Å². The zero-order valence-corrected chi connectivity index (χ0v) is 9.31. The lowest BCUT2D eigenvalue weighted by molar-refractivity contribution is 0.171. The first-order chi connectivity index (χ1) is 7.30. The van der Waals surface area contributed by atoms with E-state index in [-0.39, 0.29) is 28.0 Å². The normalized spacial score (nSPS) is 12.2. The summed E-state index contributed by atoms with van der Waals surface area (Å²) in [5.41, 5.74) is -0.547. The molecule has 0 amide bonds. The Labute approximate surface area is 91.5 Å². The van der Waals surface area contributed by atoms with Gasteiger partial charge >= 0.3 is 0 Å². The molecule has 0 spiro atoms. The Balaban J connectivity index is 2.84. The van der Waals surface area contributed by atoms with Crippen LogP contribution in [-0.2, 0) is 5.54 Å². The van der Waals surface area contributed by atoms with Gasteiger partial charge in [0, 0.05) is 12.1 Å². The molecule has 0 saturated heterocycles. The molecule has 86 valence electrons. The summed E-state index contributed by atoms with van der Waals surface area (Å²) < 4.78 is 6.55. The SMILES string of the molecule is CC(C)(C)n1oc2cc(O)c(O)cc2c1=O. The van der Waals surface area contributed by atoms with Crippen LogP contribution >= 0.6 is 0 Å². The van der Waals surface area contributed by atoms with E-state index in [1.54, 1.807) is 0 Å². The summed E-state index contributed by atoms with van der Waals surface area (Å²) in [6, 6.07) is 2.44. The smallest absolute Gasteiger partial charge is 0.291 e. The van der Waals surface area contributed by atoms with Crippen molar-refractivity contribution in [3.8, 4) is 11.5 Å². The Hall–Kier alpha value is -1.91. The van der Waals surface area contributed by atoms with E-state index in [0.717, 1.165) is 0 Å². The van der Waals surface area contributed by atoms with E-state index >= 15 is 0 Å². The van der Waals surface area contributed by atoms with Crippen molar-refractivity contribution in [3.05, 3.63) is 22.5 Å². The lowest BCUT2D eigenvalue weighted by Crippen LogP contribution is -2.30. The summed E-state index contributed by atoms with van der Waals surface area (Å²) in [4.78, 5) is 11.9. The summed E-state index contributed by atoms with van der Waals surface area (Å²) >= 11 is 0. The predicted molar refractivity (Wildman–Crippen MR) is 58.8 cm³/mol. The molecule has 0 aliphatic carbocycles. The molecular formula is C11H13NO4. The molecule has 2 aromatic rings. The zero-order chi connectivity index (χ0) is 12.1. The Morgan fingerprint density at radius 2 is 1.75 bits per heavy atom. The standard InChI is InChI=1S/C11H13NO4/c1-11(2,3)12-10(15)6-4-7(13)8(14)5-9(6)16-12/h4-5,13-14H,1-3H3. The van der Waals surface area contributed by atoms with Crippen molar-refractivity contribution >= 4 is 11.0 Å². The van der Waals surface area contributed by atoms with Gasteiger partial charge in [0.1, 0.15) is 0 Å². The minimum absolute atomic E-state index is 0.255. The number of rotatable bonds is 0. The maximum Gasteiger partial charge on any atom is 0.291 e. The van der Waals surface area contributed by atoms with Gasteiger partial charge in [0.15, 0.2) is 17.1 Å².